The van der Waals surface area contributed by atoms with Crippen molar-refractivity contribution in [2.75, 3.05) is 18.5 Å². The van der Waals surface area contributed by atoms with Crippen LogP contribution in [0.5, 0.6) is 0 Å². The van der Waals surface area contributed by atoms with Gasteiger partial charge in [0.1, 0.15) is 0 Å². The summed E-state index contributed by atoms with van der Waals surface area (Å²) in [5.74, 6) is 5.45. The Bertz CT molecular complexity index is 493. The van der Waals surface area contributed by atoms with Crippen LogP contribution in [0.1, 0.15) is 28.9 Å². The lowest BCUT2D eigenvalue weighted by Crippen LogP contribution is -2.46. The maximum absolute atomic E-state index is 12.5. The van der Waals surface area contributed by atoms with Crippen molar-refractivity contribution in [2.45, 2.75) is 32.0 Å². The number of nitrogens with one attached hydrogen (secondary N) is 1. The standard InChI is InChI=1S/C13H18N4O2/c1-8-4-12(16-14)11(5-15-8)13(18)17-6-9-2-3-10(7-17)19-9/h4-5,9-10H,2-3,6-7,14H2,1H3,(H,15,16). The number of hydrogen-bond acceptors (Lipinski definition) is 5. The van der Waals surface area contributed by atoms with E-state index < -0.39 is 0 Å². The average molecular weight is 262 g/mol. The van der Waals surface area contributed by atoms with Crippen molar-refractivity contribution in [3.8, 4) is 0 Å². The predicted molar refractivity (Wildman–Crippen MR) is 70.6 cm³/mol. The van der Waals surface area contributed by atoms with Gasteiger partial charge in [-0.05, 0) is 25.8 Å². The van der Waals surface area contributed by atoms with Crippen molar-refractivity contribution in [3.05, 3.63) is 23.5 Å². The molecule has 19 heavy (non-hydrogen) atoms. The molecule has 0 aromatic carbocycles. The highest BCUT2D eigenvalue weighted by molar-refractivity contribution is 5.99. The van der Waals surface area contributed by atoms with E-state index in [1.807, 2.05) is 11.8 Å². The second kappa shape index (κ2) is 4.79. The summed E-state index contributed by atoms with van der Waals surface area (Å²) in [5, 5.41) is 0. The SMILES string of the molecule is Cc1cc(NN)c(C(=O)N2CC3CCC(C2)O3)cn1. The van der Waals surface area contributed by atoms with Gasteiger partial charge in [-0.15, -0.1) is 0 Å². The van der Waals surface area contributed by atoms with E-state index in [1.54, 1.807) is 12.3 Å². The van der Waals surface area contributed by atoms with Crippen molar-refractivity contribution < 1.29 is 9.53 Å². The Kier molecular flexibility index (Phi) is 3.12. The molecule has 2 bridgehead atoms. The molecule has 1 aromatic rings. The van der Waals surface area contributed by atoms with Gasteiger partial charge in [-0.25, -0.2) is 0 Å². The molecule has 3 N–H and O–H groups in total. The molecular weight excluding hydrogens is 244 g/mol. The Labute approximate surface area is 111 Å². The lowest BCUT2D eigenvalue weighted by Gasteiger charge is -2.32. The van der Waals surface area contributed by atoms with Crippen LogP contribution in [0.3, 0.4) is 0 Å². The molecule has 2 saturated heterocycles. The summed E-state index contributed by atoms with van der Waals surface area (Å²) < 4.78 is 5.74. The second-order valence-electron chi connectivity index (χ2n) is 5.18. The largest absolute Gasteiger partial charge is 0.371 e. The Hall–Kier alpha value is -1.66. The molecule has 2 atom stereocenters. The molecular formula is C13H18N4O2. The van der Waals surface area contributed by atoms with Gasteiger partial charge in [-0.2, -0.15) is 0 Å². The molecule has 0 saturated carbocycles. The fourth-order valence-corrected chi connectivity index (χ4v) is 2.80. The topological polar surface area (TPSA) is 80.5 Å². The van der Waals surface area contributed by atoms with E-state index in [-0.39, 0.29) is 18.1 Å². The van der Waals surface area contributed by atoms with Crippen molar-refractivity contribution in [1.82, 2.24) is 9.88 Å². The quantitative estimate of drug-likeness (QED) is 0.605. The number of pyridine rings is 1. The minimum absolute atomic E-state index is 0.0272. The maximum atomic E-state index is 12.5. The molecule has 0 radical (unpaired) electrons. The first-order chi connectivity index (χ1) is 9.17. The van der Waals surface area contributed by atoms with Crippen LogP contribution in [0.15, 0.2) is 12.3 Å². The average Bonchev–Trinajstić information content (AvgIpc) is 2.76. The number of anilines is 1. The minimum atomic E-state index is -0.0272. The van der Waals surface area contributed by atoms with E-state index in [0.29, 0.717) is 24.3 Å². The van der Waals surface area contributed by atoms with Crippen molar-refractivity contribution in [3.63, 3.8) is 0 Å². The van der Waals surface area contributed by atoms with Crippen LogP contribution in [0.4, 0.5) is 5.69 Å². The third-order valence-electron chi connectivity index (χ3n) is 3.76. The van der Waals surface area contributed by atoms with Crippen LogP contribution in [-0.4, -0.2) is 41.1 Å². The van der Waals surface area contributed by atoms with E-state index in [0.717, 1.165) is 18.5 Å². The first-order valence-electron chi connectivity index (χ1n) is 6.55. The molecule has 1 aromatic heterocycles. The lowest BCUT2D eigenvalue weighted by molar-refractivity contribution is -0.0303. The molecule has 0 spiro atoms. The number of aromatic nitrogens is 1. The molecule has 0 aliphatic carbocycles. The number of nitrogens with two attached hydrogens (primary N) is 1. The number of nitrogens with zero attached hydrogens (tertiary/aromatic N) is 2. The molecule has 2 unspecified atom stereocenters. The number of likely N-dealkylation sites (tertiary alicyclic amines) is 1. The highest BCUT2D eigenvalue weighted by Gasteiger charge is 2.36. The number of aryl methyl sites for hydroxylation is 1. The number of hydrogen-bond donors (Lipinski definition) is 2. The molecule has 2 fully saturated rings. The van der Waals surface area contributed by atoms with Crippen molar-refractivity contribution in [1.29, 1.82) is 0 Å². The van der Waals surface area contributed by atoms with E-state index in [4.69, 9.17) is 10.6 Å². The van der Waals surface area contributed by atoms with Gasteiger partial charge in [-0.1, -0.05) is 0 Å². The molecule has 2 aliphatic heterocycles. The molecule has 102 valence electrons. The zero-order valence-electron chi connectivity index (χ0n) is 10.9. The fourth-order valence-electron chi connectivity index (χ4n) is 2.80. The normalized spacial score (nSPS) is 25.5. The van der Waals surface area contributed by atoms with Crippen LogP contribution in [0.25, 0.3) is 0 Å². The van der Waals surface area contributed by atoms with Gasteiger partial charge in [0.25, 0.3) is 5.91 Å². The first-order valence-corrected chi connectivity index (χ1v) is 6.55. The number of fused-ring (bicyclic) bond motifs is 2. The van der Waals surface area contributed by atoms with Crippen LogP contribution in [-0.2, 0) is 4.74 Å². The second-order valence-corrected chi connectivity index (χ2v) is 5.18. The van der Waals surface area contributed by atoms with E-state index in [2.05, 4.69) is 10.4 Å². The van der Waals surface area contributed by atoms with Crippen LogP contribution >= 0.6 is 0 Å². The Balaban J connectivity index is 1.84. The van der Waals surface area contributed by atoms with Gasteiger partial charge >= 0.3 is 0 Å². The van der Waals surface area contributed by atoms with E-state index >= 15 is 0 Å². The number of nitrogen functional groups attached to an aromatic ring is 1. The fraction of sp³-hybridized carbons (Fsp3) is 0.538. The zero-order chi connectivity index (χ0) is 13.4. The Morgan fingerprint density at radius 3 is 2.79 bits per heavy atom. The zero-order valence-corrected chi connectivity index (χ0v) is 10.9. The smallest absolute Gasteiger partial charge is 0.257 e. The van der Waals surface area contributed by atoms with Gasteiger partial charge < -0.3 is 15.1 Å². The Morgan fingerprint density at radius 2 is 2.16 bits per heavy atom. The molecule has 3 heterocycles. The molecule has 1 amide bonds. The van der Waals surface area contributed by atoms with Gasteiger partial charge in [0.2, 0.25) is 0 Å². The third-order valence-corrected chi connectivity index (χ3v) is 3.76. The van der Waals surface area contributed by atoms with Gasteiger partial charge in [-0.3, -0.25) is 15.6 Å². The lowest BCUT2D eigenvalue weighted by atomic mass is 10.1. The molecule has 3 rings (SSSR count). The predicted octanol–water partition coefficient (Wildman–Crippen LogP) is 0.679. The van der Waals surface area contributed by atoms with Crippen LogP contribution in [0.2, 0.25) is 0 Å². The summed E-state index contributed by atoms with van der Waals surface area (Å²) in [7, 11) is 0. The summed E-state index contributed by atoms with van der Waals surface area (Å²) in [6.45, 7) is 3.19. The van der Waals surface area contributed by atoms with Gasteiger partial charge in [0, 0.05) is 25.0 Å². The minimum Gasteiger partial charge on any atom is -0.371 e. The number of hydrazine groups is 1. The number of carbonyl (C=O) groups is 1. The summed E-state index contributed by atoms with van der Waals surface area (Å²) in [4.78, 5) is 18.6. The number of amides is 1. The van der Waals surface area contributed by atoms with Crippen molar-refractivity contribution >= 4 is 11.6 Å². The summed E-state index contributed by atoms with van der Waals surface area (Å²) in [5.41, 5.74) is 4.55. The highest BCUT2D eigenvalue weighted by Crippen LogP contribution is 2.28. The first kappa shape index (κ1) is 12.4. The molecule has 6 nitrogen and oxygen atoms in total. The summed E-state index contributed by atoms with van der Waals surface area (Å²) in [6.07, 6.45) is 4.06. The summed E-state index contributed by atoms with van der Waals surface area (Å²) in [6, 6.07) is 1.78. The molecule has 6 heteroatoms. The van der Waals surface area contributed by atoms with Gasteiger partial charge in [0.05, 0.1) is 23.5 Å². The molecule has 2 aliphatic rings. The number of rotatable bonds is 2. The van der Waals surface area contributed by atoms with Crippen LogP contribution in [0, 0.1) is 6.92 Å². The van der Waals surface area contributed by atoms with Crippen LogP contribution < -0.4 is 11.3 Å². The number of ether oxygens (including phenoxy) is 1. The van der Waals surface area contributed by atoms with Crippen molar-refractivity contribution in [2.24, 2.45) is 5.84 Å². The van der Waals surface area contributed by atoms with E-state index in [1.165, 1.54) is 0 Å². The summed E-state index contributed by atoms with van der Waals surface area (Å²) >= 11 is 0. The Morgan fingerprint density at radius 1 is 1.47 bits per heavy atom. The third kappa shape index (κ3) is 2.29. The van der Waals surface area contributed by atoms with Gasteiger partial charge in [0.15, 0.2) is 0 Å². The monoisotopic (exact) mass is 262 g/mol. The highest BCUT2D eigenvalue weighted by atomic mass is 16.5. The maximum Gasteiger partial charge on any atom is 0.257 e. The van der Waals surface area contributed by atoms with E-state index in [9.17, 15) is 4.79 Å². The number of morpholine rings is 1. The number of carbonyl (C=O) groups excluding carboxylic acids is 1.